The summed E-state index contributed by atoms with van der Waals surface area (Å²) in [5, 5.41) is 11.7. The molecule has 2 aliphatic rings. The molecule has 1 aliphatic heterocycles. The van der Waals surface area contributed by atoms with Crippen molar-refractivity contribution in [3.05, 3.63) is 52.4 Å². The fourth-order valence-electron chi connectivity index (χ4n) is 4.37. The van der Waals surface area contributed by atoms with Gasteiger partial charge in [-0.25, -0.2) is 8.42 Å². The number of hydrogen-bond acceptors (Lipinski definition) is 7. The average Bonchev–Trinajstić information content (AvgIpc) is 3.55. The first-order chi connectivity index (χ1) is 16.6. The van der Waals surface area contributed by atoms with Crippen LogP contribution in [0.15, 0.2) is 41.3 Å². The van der Waals surface area contributed by atoms with E-state index in [1.807, 2.05) is 0 Å². The summed E-state index contributed by atoms with van der Waals surface area (Å²) < 4.78 is 27.9. The lowest BCUT2D eigenvalue weighted by Gasteiger charge is -2.35. The maximum absolute atomic E-state index is 13.3. The van der Waals surface area contributed by atoms with Crippen molar-refractivity contribution in [1.29, 1.82) is 0 Å². The van der Waals surface area contributed by atoms with Crippen LogP contribution in [0.5, 0.6) is 0 Å². The van der Waals surface area contributed by atoms with Gasteiger partial charge in [0.1, 0.15) is 11.8 Å². The Kier molecular flexibility index (Phi) is 7.09. The van der Waals surface area contributed by atoms with Gasteiger partial charge in [-0.2, -0.15) is 4.73 Å². The minimum absolute atomic E-state index is 0.0763. The van der Waals surface area contributed by atoms with E-state index in [9.17, 15) is 18.0 Å². The Hall–Kier alpha value is -3.05. The summed E-state index contributed by atoms with van der Waals surface area (Å²) in [5.74, 6) is -0.897. The minimum Gasteiger partial charge on any atom is -0.408 e. The number of aliphatic hydroxyl groups excluding tert-OH is 1. The highest BCUT2D eigenvalue weighted by Gasteiger charge is 2.44. The van der Waals surface area contributed by atoms with Gasteiger partial charge in [-0.3, -0.25) is 14.3 Å². The van der Waals surface area contributed by atoms with Crippen LogP contribution in [0.1, 0.15) is 49.9 Å². The molecule has 1 aromatic heterocycles. The highest BCUT2D eigenvalue weighted by molar-refractivity contribution is 7.92. The van der Waals surface area contributed by atoms with E-state index in [4.69, 9.17) is 9.94 Å². The topological polar surface area (TPSA) is 130 Å². The molecule has 1 spiro atoms. The normalized spacial score (nSPS) is 16.9. The molecule has 190 valence electrons. The number of anilines is 3. The molecule has 0 atom stereocenters. The van der Waals surface area contributed by atoms with Crippen molar-refractivity contribution in [2.24, 2.45) is 5.41 Å². The first-order valence-corrected chi connectivity index (χ1v) is 13.5. The summed E-state index contributed by atoms with van der Waals surface area (Å²) in [6, 6.07) is 7.81. The van der Waals surface area contributed by atoms with Crippen molar-refractivity contribution in [3.63, 3.8) is 0 Å². The van der Waals surface area contributed by atoms with Gasteiger partial charge in [-0.1, -0.05) is 0 Å². The number of aliphatic hydroxyl groups is 1. The number of piperidine rings is 1. The lowest BCUT2D eigenvalue weighted by atomic mass is 9.93. The number of carbonyl (C=O) groups excluding carboxylic acids is 1. The van der Waals surface area contributed by atoms with Crippen LogP contribution in [0.4, 0.5) is 17.1 Å². The van der Waals surface area contributed by atoms with Crippen molar-refractivity contribution in [2.75, 3.05) is 40.4 Å². The summed E-state index contributed by atoms with van der Waals surface area (Å²) in [6.07, 6.45) is 5.76. The van der Waals surface area contributed by atoms with E-state index in [1.165, 1.54) is 31.2 Å². The molecule has 1 aliphatic carbocycles. The SMILES string of the molecule is CC(C)On1cccc(NC(=O)c2ccc(NS(=O)(=O)CCO)cc2N2CCC3(CC2)CC3)c1=O. The van der Waals surface area contributed by atoms with Gasteiger partial charge in [0.25, 0.3) is 5.91 Å². The summed E-state index contributed by atoms with van der Waals surface area (Å²) >= 11 is 0. The van der Waals surface area contributed by atoms with Gasteiger partial charge in [0.2, 0.25) is 10.0 Å². The molecule has 1 saturated heterocycles. The fourth-order valence-corrected chi connectivity index (χ4v) is 5.20. The molecule has 11 heteroatoms. The molecular weight excluding hydrogens is 472 g/mol. The quantitative estimate of drug-likeness (QED) is 0.477. The van der Waals surface area contributed by atoms with E-state index in [0.717, 1.165) is 30.7 Å². The molecule has 1 aromatic carbocycles. The van der Waals surface area contributed by atoms with Gasteiger partial charge in [-0.05, 0) is 75.3 Å². The number of nitrogens with one attached hydrogen (secondary N) is 2. The molecule has 3 N–H and O–H groups in total. The number of benzene rings is 1. The van der Waals surface area contributed by atoms with E-state index in [1.54, 1.807) is 32.0 Å². The molecule has 35 heavy (non-hydrogen) atoms. The highest BCUT2D eigenvalue weighted by Crippen LogP contribution is 2.54. The van der Waals surface area contributed by atoms with Crippen LogP contribution in [-0.4, -0.2) is 55.7 Å². The van der Waals surface area contributed by atoms with Crippen molar-refractivity contribution in [2.45, 2.75) is 45.6 Å². The van der Waals surface area contributed by atoms with Crippen molar-refractivity contribution < 1.29 is 23.2 Å². The molecule has 0 radical (unpaired) electrons. The number of sulfonamides is 1. The van der Waals surface area contributed by atoms with Gasteiger partial charge in [-0.15, -0.1) is 0 Å². The fraction of sp³-hybridized carbons (Fsp3) is 0.500. The summed E-state index contributed by atoms with van der Waals surface area (Å²) in [5.41, 5.74) is 1.25. The maximum atomic E-state index is 13.3. The molecule has 2 aromatic rings. The minimum atomic E-state index is -3.72. The van der Waals surface area contributed by atoms with Gasteiger partial charge in [0.05, 0.1) is 29.3 Å². The Balaban J connectivity index is 1.63. The van der Waals surface area contributed by atoms with E-state index >= 15 is 0 Å². The van der Waals surface area contributed by atoms with Crippen LogP contribution in [0, 0.1) is 5.41 Å². The summed E-state index contributed by atoms with van der Waals surface area (Å²) in [6.45, 7) is 4.61. The first kappa shape index (κ1) is 25.1. The van der Waals surface area contributed by atoms with Gasteiger partial charge < -0.3 is 20.2 Å². The molecule has 0 bridgehead atoms. The summed E-state index contributed by atoms with van der Waals surface area (Å²) in [4.78, 5) is 33.6. The molecule has 2 fully saturated rings. The van der Waals surface area contributed by atoms with Crippen LogP contribution < -0.4 is 25.3 Å². The van der Waals surface area contributed by atoms with Crippen LogP contribution >= 0.6 is 0 Å². The van der Waals surface area contributed by atoms with E-state index in [0.29, 0.717) is 22.4 Å². The lowest BCUT2D eigenvalue weighted by molar-refractivity contribution is 0.0532. The molecule has 1 saturated carbocycles. The number of amides is 1. The second kappa shape index (κ2) is 9.90. The van der Waals surface area contributed by atoms with Gasteiger partial charge in [0, 0.05) is 19.3 Å². The predicted molar refractivity (Wildman–Crippen MR) is 134 cm³/mol. The first-order valence-electron chi connectivity index (χ1n) is 11.8. The molecule has 1 amide bonds. The zero-order valence-corrected chi connectivity index (χ0v) is 20.8. The Morgan fingerprint density at radius 3 is 2.51 bits per heavy atom. The predicted octanol–water partition coefficient (Wildman–Crippen LogP) is 2.05. The van der Waals surface area contributed by atoms with Gasteiger partial charge in [0.15, 0.2) is 0 Å². The molecule has 4 rings (SSSR count). The second-order valence-electron chi connectivity index (χ2n) is 9.52. The monoisotopic (exact) mass is 504 g/mol. The van der Waals surface area contributed by atoms with E-state index < -0.39 is 33.8 Å². The van der Waals surface area contributed by atoms with Crippen LogP contribution in [0.2, 0.25) is 0 Å². The third kappa shape index (κ3) is 5.96. The van der Waals surface area contributed by atoms with Gasteiger partial charge >= 0.3 is 5.56 Å². The number of aromatic nitrogens is 1. The standard InChI is InChI=1S/C24H32N4O6S/c1-17(2)34-28-11-3-4-20(23(28)31)25-22(30)19-6-5-18(26-35(32,33)15-14-29)16-21(19)27-12-9-24(7-8-24)10-13-27/h3-6,11,16-17,26,29H,7-10,12-15H2,1-2H3,(H,25,30). The summed E-state index contributed by atoms with van der Waals surface area (Å²) in [7, 11) is -3.72. The third-order valence-corrected chi connectivity index (χ3v) is 7.75. The van der Waals surface area contributed by atoms with E-state index in [2.05, 4.69) is 14.9 Å². The number of pyridine rings is 1. The van der Waals surface area contributed by atoms with Crippen molar-refractivity contribution in [1.82, 2.24) is 4.73 Å². The Bertz CT molecular complexity index is 1240. The van der Waals surface area contributed by atoms with Crippen LogP contribution in [0.3, 0.4) is 0 Å². The number of nitrogens with zero attached hydrogens (tertiary/aromatic N) is 2. The molecule has 0 unspecified atom stereocenters. The Morgan fingerprint density at radius 1 is 1.17 bits per heavy atom. The third-order valence-electron chi connectivity index (χ3n) is 6.49. The zero-order chi connectivity index (χ0) is 25.2. The van der Waals surface area contributed by atoms with Crippen LogP contribution in [-0.2, 0) is 10.0 Å². The largest absolute Gasteiger partial charge is 0.408 e. The maximum Gasteiger partial charge on any atom is 0.306 e. The van der Waals surface area contributed by atoms with Crippen molar-refractivity contribution >= 4 is 33.0 Å². The Morgan fingerprint density at radius 2 is 1.89 bits per heavy atom. The smallest absolute Gasteiger partial charge is 0.306 e. The average molecular weight is 505 g/mol. The molecule has 2 heterocycles. The highest BCUT2D eigenvalue weighted by atomic mass is 32.2. The number of hydrogen-bond donors (Lipinski definition) is 3. The number of carbonyl (C=O) groups is 1. The number of rotatable bonds is 9. The van der Waals surface area contributed by atoms with Crippen molar-refractivity contribution in [3.8, 4) is 0 Å². The van der Waals surface area contributed by atoms with Crippen LogP contribution in [0.25, 0.3) is 0 Å². The zero-order valence-electron chi connectivity index (χ0n) is 20.0. The Labute approximate surface area is 204 Å². The molecule has 10 nitrogen and oxygen atoms in total. The van der Waals surface area contributed by atoms with E-state index in [-0.39, 0.29) is 11.8 Å². The lowest BCUT2D eigenvalue weighted by Crippen LogP contribution is -2.36. The molecular formula is C24H32N4O6S. The second-order valence-corrected chi connectivity index (χ2v) is 11.4.